The van der Waals surface area contributed by atoms with Crippen molar-refractivity contribution in [2.24, 2.45) is 0 Å². The van der Waals surface area contributed by atoms with E-state index in [-0.39, 0.29) is 5.82 Å². The summed E-state index contributed by atoms with van der Waals surface area (Å²) in [5.74, 6) is 0.635. The van der Waals surface area contributed by atoms with Crippen LogP contribution in [0.25, 0.3) is 11.1 Å². The van der Waals surface area contributed by atoms with Crippen molar-refractivity contribution in [3.05, 3.63) is 52.8 Å². The summed E-state index contributed by atoms with van der Waals surface area (Å²) < 4.78 is 19.4. The number of methoxy groups -OCH3 is 1. The molecule has 0 aliphatic heterocycles. The molecule has 0 atom stereocenters. The van der Waals surface area contributed by atoms with Gasteiger partial charge in [-0.2, -0.15) is 0 Å². The van der Waals surface area contributed by atoms with Gasteiger partial charge in [0.2, 0.25) is 0 Å². The Hall–Kier alpha value is -1.87. The van der Waals surface area contributed by atoms with E-state index in [9.17, 15) is 4.39 Å². The van der Waals surface area contributed by atoms with E-state index < -0.39 is 0 Å². The molecular weight excluding hydrogens is 253 g/mol. The fraction of sp³-hybridized carbons (Fsp3) is 0.294. The fourth-order valence-electron chi connectivity index (χ4n) is 2.39. The molecule has 0 radical (unpaired) electrons. The lowest BCUT2D eigenvalue weighted by Gasteiger charge is -2.13. The number of nitrogens with one attached hydrogen (secondary N) is 1. The molecule has 0 aliphatic carbocycles. The molecule has 0 saturated carbocycles. The Morgan fingerprint density at radius 1 is 1.05 bits per heavy atom. The van der Waals surface area contributed by atoms with E-state index in [1.807, 2.05) is 39.1 Å². The Balaban J connectivity index is 2.55. The molecule has 2 aromatic rings. The van der Waals surface area contributed by atoms with Gasteiger partial charge in [0.1, 0.15) is 11.6 Å². The van der Waals surface area contributed by atoms with Gasteiger partial charge in [0, 0.05) is 12.1 Å². The first-order valence-electron chi connectivity index (χ1n) is 6.65. The molecule has 0 spiro atoms. The Labute approximate surface area is 119 Å². The highest BCUT2D eigenvalue weighted by Crippen LogP contribution is 2.32. The van der Waals surface area contributed by atoms with Crippen LogP contribution < -0.4 is 10.1 Å². The minimum atomic E-state index is -0.197. The maximum atomic E-state index is 14.1. The average molecular weight is 273 g/mol. The van der Waals surface area contributed by atoms with Crippen LogP contribution in [0.2, 0.25) is 0 Å². The van der Waals surface area contributed by atoms with E-state index in [1.54, 1.807) is 13.2 Å². The van der Waals surface area contributed by atoms with Gasteiger partial charge in [-0.1, -0.05) is 6.07 Å². The summed E-state index contributed by atoms with van der Waals surface area (Å²) in [5.41, 5.74) is 4.64. The maximum Gasteiger partial charge on any atom is 0.131 e. The first-order chi connectivity index (χ1) is 9.56. The summed E-state index contributed by atoms with van der Waals surface area (Å²) in [5, 5.41) is 3.08. The smallest absolute Gasteiger partial charge is 0.131 e. The molecule has 0 heterocycles. The Bertz CT molecular complexity index is 623. The zero-order chi connectivity index (χ0) is 14.7. The lowest BCUT2D eigenvalue weighted by atomic mass is 9.96. The van der Waals surface area contributed by atoms with Crippen LogP contribution in [0.5, 0.6) is 5.75 Å². The number of rotatable bonds is 4. The van der Waals surface area contributed by atoms with E-state index in [4.69, 9.17) is 4.74 Å². The third kappa shape index (κ3) is 2.83. The van der Waals surface area contributed by atoms with Gasteiger partial charge in [0.25, 0.3) is 0 Å². The van der Waals surface area contributed by atoms with E-state index >= 15 is 0 Å². The molecule has 2 rings (SSSR count). The van der Waals surface area contributed by atoms with Crippen LogP contribution in [0.4, 0.5) is 4.39 Å². The quantitative estimate of drug-likeness (QED) is 0.914. The van der Waals surface area contributed by atoms with Crippen molar-refractivity contribution in [1.82, 2.24) is 5.32 Å². The molecule has 20 heavy (non-hydrogen) atoms. The van der Waals surface area contributed by atoms with Crippen molar-refractivity contribution in [3.8, 4) is 16.9 Å². The van der Waals surface area contributed by atoms with Crippen molar-refractivity contribution < 1.29 is 9.13 Å². The summed E-state index contributed by atoms with van der Waals surface area (Å²) in [7, 11) is 3.53. The molecule has 0 aliphatic rings. The number of hydrogen-bond donors (Lipinski definition) is 1. The van der Waals surface area contributed by atoms with E-state index in [0.717, 1.165) is 34.5 Å². The average Bonchev–Trinajstić information content (AvgIpc) is 2.43. The monoisotopic (exact) mass is 273 g/mol. The van der Waals surface area contributed by atoms with Crippen molar-refractivity contribution in [1.29, 1.82) is 0 Å². The maximum absolute atomic E-state index is 14.1. The largest absolute Gasteiger partial charge is 0.496 e. The zero-order valence-electron chi connectivity index (χ0n) is 12.4. The topological polar surface area (TPSA) is 21.3 Å². The van der Waals surface area contributed by atoms with Crippen molar-refractivity contribution in [2.75, 3.05) is 14.2 Å². The number of ether oxygens (including phenoxy) is 1. The molecule has 0 fully saturated rings. The van der Waals surface area contributed by atoms with Gasteiger partial charge in [0.05, 0.1) is 7.11 Å². The number of benzene rings is 2. The normalized spacial score (nSPS) is 10.7. The second kappa shape index (κ2) is 6.06. The zero-order valence-corrected chi connectivity index (χ0v) is 12.4. The van der Waals surface area contributed by atoms with Crippen LogP contribution in [0.1, 0.15) is 16.7 Å². The van der Waals surface area contributed by atoms with Crippen LogP contribution in [-0.2, 0) is 6.54 Å². The molecule has 2 nitrogen and oxygen atoms in total. The molecular formula is C17H20FNO. The van der Waals surface area contributed by atoms with E-state index in [1.165, 1.54) is 6.07 Å². The standard InChI is InChI=1S/C17H20FNO/c1-11-8-17(20-4)12(2)7-14(11)15-9-13(10-19-3)5-6-16(15)18/h5-9,19H,10H2,1-4H3. The van der Waals surface area contributed by atoms with Crippen LogP contribution in [0, 0.1) is 19.7 Å². The molecule has 2 aromatic carbocycles. The second-order valence-corrected chi connectivity index (χ2v) is 4.98. The van der Waals surface area contributed by atoms with Gasteiger partial charge in [-0.15, -0.1) is 0 Å². The van der Waals surface area contributed by atoms with Crippen LogP contribution in [0.15, 0.2) is 30.3 Å². The predicted octanol–water partition coefficient (Wildman–Crippen LogP) is 3.84. The predicted molar refractivity (Wildman–Crippen MR) is 80.6 cm³/mol. The third-order valence-electron chi connectivity index (χ3n) is 3.44. The van der Waals surface area contributed by atoms with Gasteiger partial charge in [-0.05, 0) is 67.4 Å². The lowest BCUT2D eigenvalue weighted by molar-refractivity contribution is 0.411. The van der Waals surface area contributed by atoms with Crippen molar-refractivity contribution in [2.45, 2.75) is 20.4 Å². The molecule has 0 unspecified atom stereocenters. The van der Waals surface area contributed by atoms with Gasteiger partial charge >= 0.3 is 0 Å². The van der Waals surface area contributed by atoms with Gasteiger partial charge in [0.15, 0.2) is 0 Å². The lowest BCUT2D eigenvalue weighted by Crippen LogP contribution is -2.05. The van der Waals surface area contributed by atoms with E-state index in [2.05, 4.69) is 5.32 Å². The summed E-state index contributed by atoms with van der Waals surface area (Å²) >= 11 is 0. The minimum absolute atomic E-state index is 0.197. The molecule has 0 amide bonds. The van der Waals surface area contributed by atoms with Crippen molar-refractivity contribution in [3.63, 3.8) is 0 Å². The van der Waals surface area contributed by atoms with Gasteiger partial charge < -0.3 is 10.1 Å². The third-order valence-corrected chi connectivity index (χ3v) is 3.44. The Morgan fingerprint density at radius 3 is 2.45 bits per heavy atom. The molecule has 0 bridgehead atoms. The fourth-order valence-corrected chi connectivity index (χ4v) is 2.39. The van der Waals surface area contributed by atoms with Crippen LogP contribution >= 0.6 is 0 Å². The number of halogens is 1. The molecule has 0 saturated heterocycles. The highest BCUT2D eigenvalue weighted by atomic mass is 19.1. The van der Waals surface area contributed by atoms with Gasteiger partial charge in [-0.25, -0.2) is 4.39 Å². The highest BCUT2D eigenvalue weighted by molar-refractivity contribution is 5.70. The number of aryl methyl sites for hydroxylation is 2. The summed E-state index contributed by atoms with van der Waals surface area (Å²) in [6.45, 7) is 4.67. The summed E-state index contributed by atoms with van der Waals surface area (Å²) in [4.78, 5) is 0. The first kappa shape index (κ1) is 14.5. The minimum Gasteiger partial charge on any atom is -0.496 e. The molecule has 106 valence electrons. The summed E-state index contributed by atoms with van der Waals surface area (Å²) in [6, 6.07) is 9.17. The Kier molecular flexibility index (Phi) is 4.40. The van der Waals surface area contributed by atoms with Crippen LogP contribution in [-0.4, -0.2) is 14.2 Å². The SMILES string of the molecule is CNCc1ccc(F)c(-c2cc(C)c(OC)cc2C)c1. The molecule has 3 heteroatoms. The van der Waals surface area contributed by atoms with E-state index in [0.29, 0.717) is 5.56 Å². The number of hydrogen-bond acceptors (Lipinski definition) is 2. The molecule has 0 aromatic heterocycles. The molecule has 1 N–H and O–H groups in total. The first-order valence-corrected chi connectivity index (χ1v) is 6.65. The van der Waals surface area contributed by atoms with Gasteiger partial charge in [-0.3, -0.25) is 0 Å². The Morgan fingerprint density at radius 2 is 1.80 bits per heavy atom. The highest BCUT2D eigenvalue weighted by Gasteiger charge is 2.11. The van der Waals surface area contributed by atoms with Crippen molar-refractivity contribution >= 4 is 0 Å². The summed E-state index contributed by atoms with van der Waals surface area (Å²) in [6.07, 6.45) is 0. The second-order valence-electron chi connectivity index (χ2n) is 4.98. The van der Waals surface area contributed by atoms with Crippen LogP contribution in [0.3, 0.4) is 0 Å².